The topological polar surface area (TPSA) is 0 Å². The van der Waals surface area contributed by atoms with E-state index in [1.165, 1.54) is 29.6 Å². The predicted molar refractivity (Wildman–Crippen MR) is 124 cm³/mol. The molecule has 27 heavy (non-hydrogen) atoms. The van der Waals surface area contributed by atoms with E-state index in [0.717, 1.165) is 29.2 Å². The van der Waals surface area contributed by atoms with Gasteiger partial charge in [0.1, 0.15) is 0 Å². The molecule has 4 atom stereocenters. The zero-order valence-corrected chi connectivity index (χ0v) is 19.8. The average Bonchev–Trinajstić information content (AvgIpc) is 3.02. The molecule has 4 unspecified atom stereocenters. The minimum Gasteiger partial charge on any atom is -0.0808 e. The SMILES string of the molecule is CC[SiH](CC)C1C2C=CC=C(c3ccc(C(C)(C)C)cc3)C2CC1C(C)C. The van der Waals surface area contributed by atoms with Crippen LogP contribution in [-0.4, -0.2) is 8.80 Å². The van der Waals surface area contributed by atoms with Crippen LogP contribution in [0.5, 0.6) is 0 Å². The lowest BCUT2D eigenvalue weighted by molar-refractivity contribution is 0.381. The van der Waals surface area contributed by atoms with Crippen LogP contribution in [0, 0.1) is 23.7 Å². The third-order valence-electron chi connectivity index (χ3n) is 7.47. The third-order valence-corrected chi connectivity index (χ3v) is 11.6. The van der Waals surface area contributed by atoms with Crippen molar-refractivity contribution in [2.75, 3.05) is 0 Å². The van der Waals surface area contributed by atoms with Gasteiger partial charge in [-0.05, 0) is 57.7 Å². The summed E-state index contributed by atoms with van der Waals surface area (Å²) >= 11 is 0. The van der Waals surface area contributed by atoms with E-state index in [1.807, 2.05) is 0 Å². The van der Waals surface area contributed by atoms with Crippen LogP contribution in [0.3, 0.4) is 0 Å². The summed E-state index contributed by atoms with van der Waals surface area (Å²) in [5, 5.41) is 0. The molecule has 3 rings (SSSR count). The van der Waals surface area contributed by atoms with Crippen LogP contribution in [0.15, 0.2) is 42.5 Å². The quantitative estimate of drug-likeness (QED) is 0.464. The van der Waals surface area contributed by atoms with Crippen molar-refractivity contribution in [1.29, 1.82) is 0 Å². The number of hydrogen-bond donors (Lipinski definition) is 0. The highest BCUT2D eigenvalue weighted by Crippen LogP contribution is 2.57. The van der Waals surface area contributed by atoms with E-state index >= 15 is 0 Å². The molecule has 0 aliphatic heterocycles. The fourth-order valence-electron chi connectivity index (χ4n) is 5.86. The Kier molecular flexibility index (Phi) is 6.20. The molecule has 0 nitrogen and oxygen atoms in total. The lowest BCUT2D eigenvalue weighted by Gasteiger charge is -2.33. The van der Waals surface area contributed by atoms with Gasteiger partial charge in [-0.2, -0.15) is 0 Å². The highest BCUT2D eigenvalue weighted by Gasteiger charge is 2.47. The van der Waals surface area contributed by atoms with Crippen molar-refractivity contribution in [2.45, 2.75) is 77.9 Å². The molecule has 0 N–H and O–H groups in total. The Morgan fingerprint density at radius 2 is 1.67 bits per heavy atom. The molecule has 0 saturated heterocycles. The summed E-state index contributed by atoms with van der Waals surface area (Å²) in [7, 11) is -0.683. The van der Waals surface area contributed by atoms with Gasteiger partial charge in [0.2, 0.25) is 0 Å². The smallest absolute Gasteiger partial charge is 0.0403 e. The molecule has 0 aromatic heterocycles. The van der Waals surface area contributed by atoms with Crippen LogP contribution < -0.4 is 0 Å². The number of allylic oxidation sites excluding steroid dienone is 4. The zero-order chi connectivity index (χ0) is 19.8. The van der Waals surface area contributed by atoms with Crippen LogP contribution in [0.1, 0.15) is 66.0 Å². The minimum atomic E-state index is -0.683. The Morgan fingerprint density at radius 1 is 1.04 bits per heavy atom. The first-order chi connectivity index (χ1) is 12.8. The van der Waals surface area contributed by atoms with Gasteiger partial charge in [-0.3, -0.25) is 0 Å². The first-order valence-electron chi connectivity index (χ1n) is 11.3. The van der Waals surface area contributed by atoms with Crippen LogP contribution in [0.2, 0.25) is 17.6 Å². The Balaban J connectivity index is 1.92. The van der Waals surface area contributed by atoms with E-state index in [9.17, 15) is 0 Å². The van der Waals surface area contributed by atoms with Gasteiger partial charge in [0.25, 0.3) is 0 Å². The van der Waals surface area contributed by atoms with E-state index in [1.54, 1.807) is 5.57 Å². The van der Waals surface area contributed by atoms with Gasteiger partial charge >= 0.3 is 0 Å². The minimum absolute atomic E-state index is 0.226. The molecule has 2 aliphatic rings. The zero-order valence-electron chi connectivity index (χ0n) is 18.6. The maximum Gasteiger partial charge on any atom is 0.0403 e. The summed E-state index contributed by atoms with van der Waals surface area (Å²) in [6.45, 7) is 16.8. The highest BCUT2D eigenvalue weighted by molar-refractivity contribution is 6.60. The van der Waals surface area contributed by atoms with E-state index in [4.69, 9.17) is 0 Å². The molecule has 0 radical (unpaired) electrons. The first kappa shape index (κ1) is 20.6. The van der Waals surface area contributed by atoms with Gasteiger partial charge in [-0.25, -0.2) is 0 Å². The normalized spacial score (nSPS) is 28.0. The second kappa shape index (κ2) is 8.11. The van der Waals surface area contributed by atoms with Gasteiger partial charge in [0, 0.05) is 8.80 Å². The molecule has 1 saturated carbocycles. The van der Waals surface area contributed by atoms with Crippen LogP contribution in [-0.2, 0) is 5.41 Å². The van der Waals surface area contributed by atoms with Gasteiger partial charge in [0.05, 0.1) is 0 Å². The summed E-state index contributed by atoms with van der Waals surface area (Å²) in [5.74, 6) is 3.25. The third kappa shape index (κ3) is 4.04. The number of benzene rings is 1. The fourth-order valence-corrected chi connectivity index (χ4v) is 9.85. The first-order valence-corrected chi connectivity index (χ1v) is 13.6. The van der Waals surface area contributed by atoms with Crippen LogP contribution in [0.4, 0.5) is 0 Å². The summed E-state index contributed by atoms with van der Waals surface area (Å²) in [6, 6.07) is 12.4. The molecule has 0 spiro atoms. The van der Waals surface area contributed by atoms with Gasteiger partial charge < -0.3 is 0 Å². The number of rotatable bonds is 5. The molecule has 0 heterocycles. The van der Waals surface area contributed by atoms with Crippen LogP contribution in [0.25, 0.3) is 5.57 Å². The lowest BCUT2D eigenvalue weighted by Crippen LogP contribution is -2.29. The standard InChI is InChI=1S/C26H40Si/c1-8-27(9-2)25-22-12-10-11-21(24(22)17-23(25)18(3)4)19-13-15-20(16-14-19)26(5,6)7/h10-16,18,22-25,27H,8-9,17H2,1-7H3. The monoisotopic (exact) mass is 380 g/mol. The van der Waals surface area contributed by atoms with Gasteiger partial charge in [-0.1, -0.05) is 103 Å². The Bertz CT molecular complexity index is 682. The van der Waals surface area contributed by atoms with E-state index < -0.39 is 8.80 Å². The maximum atomic E-state index is 2.58. The van der Waals surface area contributed by atoms with Gasteiger partial charge in [0.15, 0.2) is 0 Å². The van der Waals surface area contributed by atoms with E-state index in [0.29, 0.717) is 0 Å². The van der Waals surface area contributed by atoms with Gasteiger partial charge in [-0.15, -0.1) is 0 Å². The maximum absolute atomic E-state index is 2.58. The Morgan fingerprint density at radius 3 is 2.19 bits per heavy atom. The molecule has 1 aromatic carbocycles. The summed E-state index contributed by atoms with van der Waals surface area (Å²) < 4.78 is 0. The van der Waals surface area contributed by atoms with Crippen molar-refractivity contribution in [3.05, 3.63) is 53.6 Å². The van der Waals surface area contributed by atoms with Crippen molar-refractivity contribution in [1.82, 2.24) is 0 Å². The molecule has 1 heteroatoms. The molecule has 1 fully saturated rings. The van der Waals surface area contributed by atoms with Crippen molar-refractivity contribution in [3.63, 3.8) is 0 Å². The summed E-state index contributed by atoms with van der Waals surface area (Å²) in [4.78, 5) is 0. The molecule has 148 valence electrons. The number of fused-ring (bicyclic) bond motifs is 1. The lowest BCUT2D eigenvalue weighted by atomic mass is 9.80. The Hall–Kier alpha value is -1.08. The van der Waals surface area contributed by atoms with Crippen molar-refractivity contribution in [2.24, 2.45) is 23.7 Å². The molecule has 2 aliphatic carbocycles. The molecule has 0 bridgehead atoms. The van der Waals surface area contributed by atoms with Crippen molar-refractivity contribution < 1.29 is 0 Å². The molecule has 0 amide bonds. The summed E-state index contributed by atoms with van der Waals surface area (Å²) in [6.07, 6.45) is 8.77. The van der Waals surface area contributed by atoms with Crippen molar-refractivity contribution in [3.8, 4) is 0 Å². The average molecular weight is 381 g/mol. The van der Waals surface area contributed by atoms with E-state index in [-0.39, 0.29) is 5.41 Å². The Labute approximate surface area is 169 Å². The molecular formula is C26H40Si. The van der Waals surface area contributed by atoms with Crippen molar-refractivity contribution >= 4 is 14.4 Å². The fraction of sp³-hybridized carbons (Fsp3) is 0.615. The largest absolute Gasteiger partial charge is 0.0808 e. The van der Waals surface area contributed by atoms with Crippen LogP contribution >= 0.6 is 0 Å². The predicted octanol–water partition coefficient (Wildman–Crippen LogP) is 7.48. The second-order valence-electron chi connectivity index (χ2n) is 10.3. The highest BCUT2D eigenvalue weighted by atomic mass is 28.3. The molecule has 1 aromatic rings. The second-order valence-corrected chi connectivity index (χ2v) is 14.2. The van der Waals surface area contributed by atoms with E-state index in [2.05, 4.69) is 91.0 Å². The molecular weight excluding hydrogens is 340 g/mol. The number of hydrogen-bond acceptors (Lipinski definition) is 0. The summed E-state index contributed by atoms with van der Waals surface area (Å²) in [5.41, 5.74) is 5.71.